The first-order valence-electron chi connectivity index (χ1n) is 11.4. The number of aryl methyl sites for hydroxylation is 1. The molecule has 0 saturated carbocycles. The highest BCUT2D eigenvalue weighted by Gasteiger charge is 2.21. The summed E-state index contributed by atoms with van der Waals surface area (Å²) in [6.45, 7) is 18.2. The van der Waals surface area contributed by atoms with E-state index in [-0.39, 0.29) is 0 Å². The molecule has 0 bridgehead atoms. The average molecular weight is 403 g/mol. The number of hydrogen-bond acceptors (Lipinski definition) is 4. The van der Waals surface area contributed by atoms with Crippen molar-refractivity contribution in [2.24, 2.45) is 4.99 Å². The van der Waals surface area contributed by atoms with E-state index in [0.717, 1.165) is 69.5 Å². The first kappa shape index (κ1) is 23.5. The number of aliphatic imine (C=N–C) groups is 1. The van der Waals surface area contributed by atoms with Crippen molar-refractivity contribution in [3.63, 3.8) is 0 Å². The van der Waals surface area contributed by atoms with Crippen molar-refractivity contribution in [1.82, 2.24) is 20.5 Å². The molecular formula is C23H42N6. The van der Waals surface area contributed by atoms with Crippen LogP contribution in [0.4, 0.5) is 5.82 Å². The second kappa shape index (κ2) is 12.0. The van der Waals surface area contributed by atoms with Gasteiger partial charge in [-0.3, -0.25) is 9.89 Å². The van der Waals surface area contributed by atoms with Gasteiger partial charge in [0, 0.05) is 56.5 Å². The van der Waals surface area contributed by atoms with Gasteiger partial charge in [0.15, 0.2) is 5.96 Å². The highest BCUT2D eigenvalue weighted by Crippen LogP contribution is 2.18. The number of hydrogen-bond donors (Lipinski definition) is 2. The fourth-order valence-corrected chi connectivity index (χ4v) is 4.03. The topological polar surface area (TPSA) is 55.8 Å². The summed E-state index contributed by atoms with van der Waals surface area (Å²) in [4.78, 5) is 14.4. The molecular weight excluding hydrogens is 360 g/mol. The maximum atomic E-state index is 4.83. The zero-order chi connectivity index (χ0) is 21.2. The van der Waals surface area contributed by atoms with Crippen LogP contribution >= 0.6 is 0 Å². The highest BCUT2D eigenvalue weighted by atomic mass is 15.2. The van der Waals surface area contributed by atoms with Gasteiger partial charge in [0.25, 0.3) is 0 Å². The van der Waals surface area contributed by atoms with Crippen molar-refractivity contribution < 1.29 is 0 Å². The predicted molar refractivity (Wildman–Crippen MR) is 125 cm³/mol. The van der Waals surface area contributed by atoms with Crippen molar-refractivity contribution >= 4 is 11.8 Å². The molecule has 2 heterocycles. The van der Waals surface area contributed by atoms with E-state index in [2.05, 4.69) is 85.2 Å². The maximum absolute atomic E-state index is 4.83. The van der Waals surface area contributed by atoms with Gasteiger partial charge in [-0.05, 0) is 72.9 Å². The van der Waals surface area contributed by atoms with Crippen LogP contribution in [-0.4, -0.2) is 66.7 Å². The summed E-state index contributed by atoms with van der Waals surface area (Å²) in [7, 11) is 0. The van der Waals surface area contributed by atoms with E-state index in [4.69, 9.17) is 4.99 Å². The summed E-state index contributed by atoms with van der Waals surface area (Å²) in [5, 5.41) is 7.07. The third-order valence-corrected chi connectivity index (χ3v) is 5.55. The van der Waals surface area contributed by atoms with E-state index in [1.165, 1.54) is 0 Å². The first-order valence-corrected chi connectivity index (χ1v) is 11.4. The number of nitrogens with one attached hydrogen (secondary N) is 2. The van der Waals surface area contributed by atoms with Gasteiger partial charge >= 0.3 is 0 Å². The monoisotopic (exact) mass is 402 g/mol. The lowest BCUT2D eigenvalue weighted by atomic mass is 10.1. The van der Waals surface area contributed by atoms with E-state index >= 15 is 0 Å². The molecule has 2 rings (SSSR count). The average Bonchev–Trinajstić information content (AvgIpc) is 2.68. The smallest absolute Gasteiger partial charge is 0.191 e. The zero-order valence-corrected chi connectivity index (χ0v) is 19.4. The normalized spacial score (nSPS) is 16.2. The quantitative estimate of drug-likeness (QED) is 0.377. The molecule has 1 aromatic rings. The summed E-state index contributed by atoms with van der Waals surface area (Å²) in [6, 6.07) is 7.90. The van der Waals surface area contributed by atoms with Crippen molar-refractivity contribution in [2.45, 2.75) is 78.9 Å². The Hall–Kier alpha value is -1.82. The molecule has 1 aliphatic heterocycles. The van der Waals surface area contributed by atoms with Crippen molar-refractivity contribution in [3.05, 3.63) is 23.9 Å². The molecule has 6 heteroatoms. The Balaban J connectivity index is 1.80. The Morgan fingerprint density at radius 3 is 2.48 bits per heavy atom. The van der Waals surface area contributed by atoms with Crippen LogP contribution in [0.2, 0.25) is 0 Å². The summed E-state index contributed by atoms with van der Waals surface area (Å²) < 4.78 is 0. The van der Waals surface area contributed by atoms with E-state index in [1.807, 2.05) is 0 Å². The zero-order valence-electron chi connectivity index (χ0n) is 19.4. The SMILES string of the molecule is CCNC(=NCCCN(C(C)C)C(C)C)NC1CCN(c2cccc(C)n2)CC1. The largest absolute Gasteiger partial charge is 0.357 e. The van der Waals surface area contributed by atoms with Crippen LogP contribution in [0, 0.1) is 6.92 Å². The van der Waals surface area contributed by atoms with Crippen molar-refractivity contribution in [3.8, 4) is 0 Å². The molecule has 1 aromatic heterocycles. The van der Waals surface area contributed by atoms with Gasteiger partial charge in [0.2, 0.25) is 0 Å². The molecule has 164 valence electrons. The van der Waals surface area contributed by atoms with Crippen LogP contribution in [0.5, 0.6) is 0 Å². The minimum Gasteiger partial charge on any atom is -0.357 e. The lowest BCUT2D eigenvalue weighted by Gasteiger charge is -2.34. The maximum Gasteiger partial charge on any atom is 0.191 e. The van der Waals surface area contributed by atoms with Crippen LogP contribution in [-0.2, 0) is 0 Å². The molecule has 0 amide bonds. The number of guanidine groups is 1. The van der Waals surface area contributed by atoms with Gasteiger partial charge in [-0.25, -0.2) is 4.98 Å². The van der Waals surface area contributed by atoms with Crippen molar-refractivity contribution in [1.29, 1.82) is 0 Å². The lowest BCUT2D eigenvalue weighted by molar-refractivity contribution is 0.174. The number of nitrogens with zero attached hydrogens (tertiary/aromatic N) is 4. The number of rotatable bonds is 9. The Kier molecular flexibility index (Phi) is 9.71. The first-order chi connectivity index (χ1) is 13.9. The summed E-state index contributed by atoms with van der Waals surface area (Å²) in [6.07, 6.45) is 3.30. The van der Waals surface area contributed by atoms with Gasteiger partial charge < -0.3 is 15.5 Å². The van der Waals surface area contributed by atoms with Crippen LogP contribution in [0.3, 0.4) is 0 Å². The molecule has 0 radical (unpaired) electrons. The third-order valence-electron chi connectivity index (χ3n) is 5.55. The van der Waals surface area contributed by atoms with Crippen LogP contribution < -0.4 is 15.5 Å². The Labute approximate surface area is 178 Å². The molecule has 0 spiro atoms. The molecule has 29 heavy (non-hydrogen) atoms. The molecule has 1 aliphatic rings. The Bertz CT molecular complexity index is 612. The second-order valence-electron chi connectivity index (χ2n) is 8.58. The van der Waals surface area contributed by atoms with Crippen LogP contribution in [0.15, 0.2) is 23.2 Å². The molecule has 0 aliphatic carbocycles. The summed E-state index contributed by atoms with van der Waals surface area (Å²) >= 11 is 0. The molecule has 1 saturated heterocycles. The summed E-state index contributed by atoms with van der Waals surface area (Å²) in [5.74, 6) is 2.06. The predicted octanol–water partition coefficient (Wildman–Crippen LogP) is 3.42. The van der Waals surface area contributed by atoms with Gasteiger partial charge in [-0.15, -0.1) is 0 Å². The van der Waals surface area contributed by atoms with E-state index in [0.29, 0.717) is 18.1 Å². The van der Waals surface area contributed by atoms with E-state index < -0.39 is 0 Å². The number of piperidine rings is 1. The molecule has 2 N–H and O–H groups in total. The number of pyridine rings is 1. The molecule has 0 unspecified atom stereocenters. The Morgan fingerprint density at radius 2 is 1.90 bits per heavy atom. The Morgan fingerprint density at radius 1 is 1.21 bits per heavy atom. The molecule has 6 nitrogen and oxygen atoms in total. The van der Waals surface area contributed by atoms with Crippen molar-refractivity contribution in [2.75, 3.05) is 37.6 Å². The standard InChI is InChI=1S/C23H42N6/c1-7-24-23(25-14-9-15-29(18(2)3)19(4)5)27-21-12-16-28(17-13-21)22-11-8-10-20(6)26-22/h8,10-11,18-19,21H,7,9,12-17H2,1-6H3,(H2,24,25,27). The van der Waals surface area contributed by atoms with E-state index in [9.17, 15) is 0 Å². The number of aromatic nitrogens is 1. The summed E-state index contributed by atoms with van der Waals surface area (Å²) in [5.41, 5.74) is 1.08. The third kappa shape index (κ3) is 7.84. The minimum absolute atomic E-state index is 0.469. The van der Waals surface area contributed by atoms with Gasteiger partial charge in [0.05, 0.1) is 0 Å². The molecule has 1 fully saturated rings. The molecule has 0 atom stereocenters. The fraction of sp³-hybridized carbons (Fsp3) is 0.739. The van der Waals surface area contributed by atoms with Gasteiger partial charge in [-0.1, -0.05) is 6.07 Å². The molecule has 0 aromatic carbocycles. The lowest BCUT2D eigenvalue weighted by Crippen LogP contribution is -2.49. The fourth-order valence-electron chi connectivity index (χ4n) is 4.03. The van der Waals surface area contributed by atoms with Gasteiger partial charge in [0.1, 0.15) is 5.82 Å². The number of anilines is 1. The van der Waals surface area contributed by atoms with E-state index in [1.54, 1.807) is 0 Å². The minimum atomic E-state index is 0.469. The highest BCUT2D eigenvalue weighted by molar-refractivity contribution is 5.80. The van der Waals surface area contributed by atoms with Crippen LogP contribution in [0.1, 0.15) is 59.6 Å². The second-order valence-corrected chi connectivity index (χ2v) is 8.58. The van der Waals surface area contributed by atoms with Gasteiger partial charge in [-0.2, -0.15) is 0 Å². The van der Waals surface area contributed by atoms with Crippen LogP contribution in [0.25, 0.3) is 0 Å².